The molecule has 3 amide bonds. The van der Waals surface area contributed by atoms with Gasteiger partial charge >= 0.3 is 0 Å². The monoisotopic (exact) mass is 599 g/mol. The average molecular weight is 600 g/mol. The molecule has 0 radical (unpaired) electrons. The molecule has 0 spiro atoms. The lowest BCUT2D eigenvalue weighted by Gasteiger charge is -2.39. The van der Waals surface area contributed by atoms with Crippen LogP contribution in [0.5, 0.6) is 0 Å². The first-order valence-corrected chi connectivity index (χ1v) is 16.2. The molecule has 3 saturated carbocycles. The minimum absolute atomic E-state index is 0.0125. The van der Waals surface area contributed by atoms with Crippen molar-refractivity contribution in [3.05, 3.63) is 45.5 Å². The van der Waals surface area contributed by atoms with E-state index < -0.39 is 23.9 Å². The van der Waals surface area contributed by atoms with Crippen LogP contribution in [-0.2, 0) is 9.53 Å². The number of hydrogen-bond donors (Lipinski definition) is 1. The minimum atomic E-state index is -0.950. The Labute approximate surface area is 254 Å². The smallest absolute Gasteiger partial charge is 0.276 e. The number of hydrogen-bond acceptors (Lipinski definition) is 7. The third-order valence-electron chi connectivity index (χ3n) is 10.5. The summed E-state index contributed by atoms with van der Waals surface area (Å²) in [6.07, 6.45) is 8.23. The van der Waals surface area contributed by atoms with Gasteiger partial charge in [0, 0.05) is 49.5 Å². The number of carbonyl (C=O) groups excluding carboxylic acids is 3. The zero-order valence-corrected chi connectivity index (χ0v) is 24.9. The minimum Gasteiger partial charge on any atom is -0.381 e. The van der Waals surface area contributed by atoms with Crippen molar-refractivity contribution in [1.29, 1.82) is 5.26 Å². The fraction of sp³-hybridized carbons (Fsp3) is 0.625. The number of amides is 3. The summed E-state index contributed by atoms with van der Waals surface area (Å²) in [5.74, 6) is -0.505. The van der Waals surface area contributed by atoms with Crippen molar-refractivity contribution < 1.29 is 19.1 Å². The summed E-state index contributed by atoms with van der Waals surface area (Å²) in [4.78, 5) is 59.1. The van der Waals surface area contributed by atoms with E-state index in [1.54, 1.807) is 26.6 Å². The first kappa shape index (κ1) is 27.6. The van der Waals surface area contributed by atoms with Crippen molar-refractivity contribution in [1.82, 2.24) is 24.6 Å². The molecule has 6 aliphatic rings. The SMILES string of the molecule is CCN1C(=O)[C@@H](NC(=O)c2cccn(C3CC3)c2=O)[C@@H](C2CC2)c2c(C(=O)N3[C@H](C#N)C[C@H]4C[C@H]43)nn(C3CCOCC3)c21. The van der Waals surface area contributed by atoms with Crippen molar-refractivity contribution in [2.75, 3.05) is 24.7 Å². The number of pyridine rings is 1. The van der Waals surface area contributed by atoms with E-state index in [-0.39, 0.29) is 52.7 Å². The van der Waals surface area contributed by atoms with Gasteiger partial charge < -0.3 is 19.5 Å². The molecule has 8 rings (SSSR count). The quantitative estimate of drug-likeness (QED) is 0.515. The Bertz CT molecular complexity index is 1640. The van der Waals surface area contributed by atoms with Gasteiger partial charge in [0.2, 0.25) is 0 Å². The van der Waals surface area contributed by atoms with Crippen molar-refractivity contribution in [2.24, 2.45) is 11.8 Å². The molecule has 44 heavy (non-hydrogen) atoms. The molecule has 230 valence electrons. The zero-order chi connectivity index (χ0) is 30.3. The summed E-state index contributed by atoms with van der Waals surface area (Å²) in [6, 6.07) is 4.21. The molecular weight excluding hydrogens is 562 g/mol. The Morgan fingerprint density at radius 2 is 1.84 bits per heavy atom. The van der Waals surface area contributed by atoms with Crippen LogP contribution < -0.4 is 15.8 Å². The summed E-state index contributed by atoms with van der Waals surface area (Å²) < 4.78 is 9.10. The fourth-order valence-electron chi connectivity index (χ4n) is 7.90. The predicted molar refractivity (Wildman–Crippen MR) is 157 cm³/mol. The predicted octanol–water partition coefficient (Wildman–Crippen LogP) is 2.52. The van der Waals surface area contributed by atoms with Gasteiger partial charge in [-0.25, -0.2) is 4.68 Å². The first-order chi connectivity index (χ1) is 21.4. The summed E-state index contributed by atoms with van der Waals surface area (Å²) >= 11 is 0. The number of aromatic nitrogens is 3. The van der Waals surface area contributed by atoms with Gasteiger partial charge in [-0.1, -0.05) is 0 Å². The molecule has 5 atom stereocenters. The van der Waals surface area contributed by atoms with E-state index in [4.69, 9.17) is 9.84 Å². The summed E-state index contributed by atoms with van der Waals surface area (Å²) in [6.45, 7) is 3.34. The van der Waals surface area contributed by atoms with E-state index in [0.717, 1.165) is 32.1 Å². The molecule has 5 fully saturated rings. The highest BCUT2D eigenvalue weighted by Gasteiger charge is 2.57. The Hall–Kier alpha value is -3.98. The topological polar surface area (TPSA) is 143 Å². The van der Waals surface area contributed by atoms with Crippen LogP contribution in [0.3, 0.4) is 0 Å². The molecule has 3 aliphatic heterocycles. The number of carbonyl (C=O) groups is 3. The van der Waals surface area contributed by atoms with Crippen molar-refractivity contribution in [2.45, 2.75) is 94.4 Å². The molecule has 1 N–H and O–H groups in total. The highest BCUT2D eigenvalue weighted by Crippen LogP contribution is 2.53. The molecule has 12 heteroatoms. The van der Waals surface area contributed by atoms with Crippen LogP contribution in [0.2, 0.25) is 0 Å². The number of fused-ring (bicyclic) bond motifs is 2. The van der Waals surface area contributed by atoms with Gasteiger partial charge in [0.15, 0.2) is 5.69 Å². The number of anilines is 1. The second-order valence-electron chi connectivity index (χ2n) is 13.3. The molecule has 0 bridgehead atoms. The summed E-state index contributed by atoms with van der Waals surface area (Å²) in [5, 5.41) is 17.9. The van der Waals surface area contributed by atoms with Crippen molar-refractivity contribution in [3.8, 4) is 6.07 Å². The summed E-state index contributed by atoms with van der Waals surface area (Å²) in [5.41, 5.74) is 0.640. The molecule has 12 nitrogen and oxygen atoms in total. The molecule has 2 saturated heterocycles. The largest absolute Gasteiger partial charge is 0.381 e. The van der Waals surface area contributed by atoms with Gasteiger partial charge in [-0.3, -0.25) is 24.1 Å². The van der Waals surface area contributed by atoms with E-state index in [9.17, 15) is 24.4 Å². The lowest BCUT2D eigenvalue weighted by atomic mass is 9.82. The van der Waals surface area contributed by atoms with Crippen LogP contribution in [0.15, 0.2) is 23.1 Å². The lowest BCUT2D eigenvalue weighted by Crippen LogP contribution is -2.56. The van der Waals surface area contributed by atoms with Gasteiger partial charge in [-0.15, -0.1) is 0 Å². The fourth-order valence-corrected chi connectivity index (χ4v) is 7.90. The molecular formula is C32H37N7O5. The van der Waals surface area contributed by atoms with Crippen LogP contribution in [0.1, 0.15) is 103 Å². The number of nitrogens with one attached hydrogen (secondary N) is 1. The zero-order valence-electron chi connectivity index (χ0n) is 24.9. The lowest BCUT2D eigenvalue weighted by molar-refractivity contribution is -0.121. The number of ether oxygens (including phenoxy) is 1. The van der Waals surface area contributed by atoms with Gasteiger partial charge in [-0.05, 0) is 82.3 Å². The van der Waals surface area contributed by atoms with Crippen LogP contribution in [0.25, 0.3) is 0 Å². The van der Waals surface area contributed by atoms with Gasteiger partial charge in [0.25, 0.3) is 23.3 Å². The van der Waals surface area contributed by atoms with Crippen molar-refractivity contribution in [3.63, 3.8) is 0 Å². The first-order valence-electron chi connectivity index (χ1n) is 16.2. The molecule has 0 aromatic carbocycles. The van der Waals surface area contributed by atoms with E-state index in [1.807, 2.05) is 11.6 Å². The molecule has 0 unspecified atom stereocenters. The third-order valence-corrected chi connectivity index (χ3v) is 10.5. The van der Waals surface area contributed by atoms with Gasteiger partial charge in [0.05, 0.1) is 12.1 Å². The van der Waals surface area contributed by atoms with Crippen LogP contribution in [-0.4, -0.2) is 74.9 Å². The number of rotatable bonds is 7. The normalized spacial score (nSPS) is 29.6. The van der Waals surface area contributed by atoms with Crippen LogP contribution in [0.4, 0.5) is 5.82 Å². The second kappa shape index (κ2) is 10.3. The Kier molecular flexibility index (Phi) is 6.45. The highest BCUT2D eigenvalue weighted by molar-refractivity contribution is 6.07. The number of likely N-dealkylation sites (tertiary alicyclic amines) is 1. The number of likely N-dealkylation sites (N-methyl/N-ethyl adjacent to an activating group) is 1. The second-order valence-corrected chi connectivity index (χ2v) is 13.3. The average Bonchev–Trinajstić information content (AvgIpc) is 3.95. The molecule has 5 heterocycles. The standard InChI is InChI=1S/C32H37N7O5/c1-2-36-29-25(27(35-39(29)20-9-12-44-13-10-20)32(43)38-21(16-33)14-18-15-23(18)38)24(17-5-6-17)26(31(36)42)34-28(40)22-4-3-11-37(30(22)41)19-7-8-19/h3-4,11,17-21,23-24,26H,2,5-10,12-15H2,1H3,(H,34,40)/t18-,21-,23+,24-,26-/m0/s1. The van der Waals surface area contributed by atoms with Gasteiger partial charge in [0.1, 0.15) is 23.5 Å². The maximum Gasteiger partial charge on any atom is 0.276 e. The van der Waals surface area contributed by atoms with Crippen LogP contribution >= 0.6 is 0 Å². The Balaban J connectivity index is 1.23. The van der Waals surface area contributed by atoms with E-state index in [1.165, 1.54) is 6.07 Å². The number of nitrogens with zero attached hydrogens (tertiary/aromatic N) is 6. The highest BCUT2D eigenvalue weighted by atomic mass is 16.5. The summed E-state index contributed by atoms with van der Waals surface area (Å²) in [7, 11) is 0. The van der Waals surface area contributed by atoms with E-state index in [2.05, 4.69) is 11.4 Å². The third kappa shape index (κ3) is 4.30. The molecule has 2 aromatic rings. The number of piperidine rings is 1. The Morgan fingerprint density at radius 1 is 1.07 bits per heavy atom. The van der Waals surface area contributed by atoms with Gasteiger partial charge in [-0.2, -0.15) is 10.4 Å². The molecule has 3 aliphatic carbocycles. The number of nitriles is 1. The maximum atomic E-state index is 14.4. The maximum absolute atomic E-state index is 14.4. The van der Waals surface area contributed by atoms with Crippen LogP contribution in [0, 0.1) is 23.2 Å². The molecule has 2 aromatic heterocycles. The van der Waals surface area contributed by atoms with E-state index in [0.29, 0.717) is 56.3 Å². The van der Waals surface area contributed by atoms with Crippen molar-refractivity contribution >= 4 is 23.5 Å². The Morgan fingerprint density at radius 3 is 2.52 bits per heavy atom. The van der Waals surface area contributed by atoms with E-state index >= 15 is 0 Å².